The number of nitrogens with zero attached hydrogens (tertiary/aromatic N) is 2. The largest absolute Gasteiger partial charge is 0.383 e. The minimum atomic E-state index is -0.613. The number of halogens is 1. The number of carbonyl (C=O) groups excluding carboxylic acids is 1. The zero-order chi connectivity index (χ0) is 15.8. The summed E-state index contributed by atoms with van der Waals surface area (Å²) in [5.41, 5.74) is -0.0628. The van der Waals surface area contributed by atoms with E-state index in [1.807, 2.05) is 11.9 Å². The van der Waals surface area contributed by atoms with Crippen molar-refractivity contribution in [3.05, 3.63) is 38.9 Å². The monoisotopic (exact) mass is 315 g/mol. The lowest BCUT2D eigenvalue weighted by Crippen LogP contribution is -2.34. The summed E-state index contributed by atoms with van der Waals surface area (Å²) in [6.07, 6.45) is 0. The molecule has 1 N–H and O–H groups in total. The number of amides is 1. The molecule has 0 unspecified atom stereocenters. The molecule has 0 saturated heterocycles. The van der Waals surface area contributed by atoms with Gasteiger partial charge in [-0.1, -0.05) is 11.6 Å². The maximum absolute atomic E-state index is 11.9. The van der Waals surface area contributed by atoms with Crippen LogP contribution in [0.25, 0.3) is 0 Å². The molecule has 0 aromatic heterocycles. The van der Waals surface area contributed by atoms with Crippen LogP contribution in [0.15, 0.2) is 18.2 Å². The van der Waals surface area contributed by atoms with E-state index in [1.165, 1.54) is 18.2 Å². The quantitative estimate of drug-likeness (QED) is 0.581. The van der Waals surface area contributed by atoms with E-state index in [9.17, 15) is 14.9 Å². The maximum Gasteiger partial charge on any atom is 0.288 e. The molecular weight excluding hydrogens is 298 g/mol. The Hall–Kier alpha value is -1.70. The van der Waals surface area contributed by atoms with Crippen LogP contribution >= 0.6 is 11.6 Å². The van der Waals surface area contributed by atoms with E-state index in [2.05, 4.69) is 5.32 Å². The minimum absolute atomic E-state index is 0.0100. The van der Waals surface area contributed by atoms with E-state index in [4.69, 9.17) is 16.3 Å². The van der Waals surface area contributed by atoms with Gasteiger partial charge in [-0.25, -0.2) is 0 Å². The number of nitro groups is 1. The molecule has 0 radical (unpaired) electrons. The number of likely N-dealkylation sites (N-methyl/N-ethyl adjacent to an activating group) is 1. The van der Waals surface area contributed by atoms with Crippen LogP contribution < -0.4 is 5.32 Å². The molecule has 1 rings (SSSR count). The van der Waals surface area contributed by atoms with Gasteiger partial charge >= 0.3 is 0 Å². The van der Waals surface area contributed by atoms with Crippen molar-refractivity contribution in [3.8, 4) is 0 Å². The third-order valence-electron chi connectivity index (χ3n) is 2.86. The van der Waals surface area contributed by atoms with Gasteiger partial charge in [0.05, 0.1) is 11.5 Å². The van der Waals surface area contributed by atoms with Gasteiger partial charge in [-0.05, 0) is 19.2 Å². The Morgan fingerprint density at radius 1 is 1.48 bits per heavy atom. The highest BCUT2D eigenvalue weighted by Gasteiger charge is 2.16. The molecule has 0 aliphatic carbocycles. The summed E-state index contributed by atoms with van der Waals surface area (Å²) in [5, 5.41) is 13.5. The maximum atomic E-state index is 11.9. The number of nitro benzene ring substituents is 1. The highest BCUT2D eigenvalue weighted by Crippen LogP contribution is 2.24. The van der Waals surface area contributed by atoms with Crippen LogP contribution in [0.5, 0.6) is 0 Å². The molecule has 0 spiro atoms. The molecule has 0 bridgehead atoms. The molecule has 116 valence electrons. The summed E-state index contributed by atoms with van der Waals surface area (Å²) in [4.78, 5) is 24.1. The summed E-state index contributed by atoms with van der Waals surface area (Å²) in [5.74, 6) is -0.366. The fraction of sp³-hybridized carbons (Fsp3) is 0.462. The number of hydrogen-bond donors (Lipinski definition) is 1. The Morgan fingerprint density at radius 3 is 2.81 bits per heavy atom. The second-order valence-corrected chi connectivity index (χ2v) is 4.88. The number of methoxy groups -OCH3 is 1. The van der Waals surface area contributed by atoms with Crippen LogP contribution in [0, 0.1) is 10.1 Å². The van der Waals surface area contributed by atoms with Crippen molar-refractivity contribution >= 4 is 23.2 Å². The van der Waals surface area contributed by atoms with Crippen molar-refractivity contribution in [2.45, 2.75) is 0 Å². The first kappa shape index (κ1) is 17.4. The Kier molecular flexibility index (Phi) is 7.07. The highest BCUT2D eigenvalue weighted by molar-refractivity contribution is 6.32. The highest BCUT2D eigenvalue weighted by atomic mass is 35.5. The van der Waals surface area contributed by atoms with Crippen LogP contribution in [0.2, 0.25) is 5.02 Å². The minimum Gasteiger partial charge on any atom is -0.383 e. The normalized spacial score (nSPS) is 10.7. The van der Waals surface area contributed by atoms with Gasteiger partial charge in [0, 0.05) is 38.4 Å². The van der Waals surface area contributed by atoms with Gasteiger partial charge in [-0.3, -0.25) is 14.9 Å². The average molecular weight is 316 g/mol. The smallest absolute Gasteiger partial charge is 0.288 e. The molecule has 8 heteroatoms. The fourth-order valence-electron chi connectivity index (χ4n) is 1.62. The summed E-state index contributed by atoms with van der Waals surface area (Å²) in [6, 6.07) is 3.98. The first-order valence-electron chi connectivity index (χ1n) is 6.35. The fourth-order valence-corrected chi connectivity index (χ4v) is 1.80. The van der Waals surface area contributed by atoms with Gasteiger partial charge < -0.3 is 15.0 Å². The molecule has 7 nitrogen and oxygen atoms in total. The predicted molar refractivity (Wildman–Crippen MR) is 79.8 cm³/mol. The van der Waals surface area contributed by atoms with Gasteiger partial charge in [0.25, 0.3) is 11.6 Å². The van der Waals surface area contributed by atoms with Crippen molar-refractivity contribution in [1.29, 1.82) is 0 Å². The van der Waals surface area contributed by atoms with Gasteiger partial charge in [-0.2, -0.15) is 0 Å². The Bertz CT molecular complexity index is 510. The molecule has 0 heterocycles. The Labute approximate surface area is 128 Å². The number of carbonyl (C=O) groups is 1. The summed E-state index contributed by atoms with van der Waals surface area (Å²) < 4.78 is 4.95. The number of nitrogens with one attached hydrogen (secondary N) is 1. The second kappa shape index (κ2) is 8.56. The Morgan fingerprint density at radius 2 is 2.19 bits per heavy atom. The van der Waals surface area contributed by atoms with E-state index >= 15 is 0 Å². The van der Waals surface area contributed by atoms with Crippen LogP contribution in [0.1, 0.15) is 10.4 Å². The van der Waals surface area contributed by atoms with Gasteiger partial charge in [0.15, 0.2) is 0 Å². The van der Waals surface area contributed by atoms with Gasteiger partial charge in [-0.15, -0.1) is 0 Å². The third kappa shape index (κ3) is 5.66. The summed E-state index contributed by atoms with van der Waals surface area (Å²) in [6.45, 7) is 2.48. The molecule has 0 aliphatic rings. The molecular formula is C13H18ClN3O4. The van der Waals surface area contributed by atoms with E-state index < -0.39 is 4.92 Å². The molecule has 1 amide bonds. The van der Waals surface area contributed by atoms with E-state index in [1.54, 1.807) is 7.11 Å². The third-order valence-corrected chi connectivity index (χ3v) is 3.18. The zero-order valence-corrected chi connectivity index (χ0v) is 12.7. The molecule has 1 aromatic rings. The molecule has 1 aromatic carbocycles. The van der Waals surface area contributed by atoms with Gasteiger partial charge in [0.2, 0.25) is 0 Å². The van der Waals surface area contributed by atoms with E-state index in [0.29, 0.717) is 19.7 Å². The predicted octanol–water partition coefficient (Wildman–Crippen LogP) is 1.56. The van der Waals surface area contributed by atoms with Crippen molar-refractivity contribution in [2.75, 3.05) is 40.4 Å². The van der Waals surface area contributed by atoms with Crippen molar-refractivity contribution in [3.63, 3.8) is 0 Å². The number of hydrogen-bond acceptors (Lipinski definition) is 5. The van der Waals surface area contributed by atoms with Crippen molar-refractivity contribution in [2.24, 2.45) is 0 Å². The second-order valence-electron chi connectivity index (χ2n) is 4.48. The SMILES string of the molecule is COCCN(C)CCNC(=O)c1ccc(Cl)c([N+](=O)[O-])c1. The first-order chi connectivity index (χ1) is 9.95. The van der Waals surface area contributed by atoms with Crippen LogP contribution in [-0.4, -0.2) is 56.1 Å². The zero-order valence-electron chi connectivity index (χ0n) is 12.0. The lowest BCUT2D eigenvalue weighted by Gasteiger charge is -2.16. The number of ether oxygens (including phenoxy) is 1. The Balaban J connectivity index is 2.53. The van der Waals surface area contributed by atoms with Crippen LogP contribution in [-0.2, 0) is 4.74 Å². The van der Waals surface area contributed by atoms with Gasteiger partial charge in [0.1, 0.15) is 5.02 Å². The number of benzene rings is 1. The van der Waals surface area contributed by atoms with Crippen molar-refractivity contribution < 1.29 is 14.5 Å². The molecule has 21 heavy (non-hydrogen) atoms. The first-order valence-corrected chi connectivity index (χ1v) is 6.73. The van der Waals surface area contributed by atoms with Crippen molar-refractivity contribution in [1.82, 2.24) is 10.2 Å². The molecule has 0 atom stereocenters. The number of rotatable bonds is 8. The molecule has 0 aliphatic heterocycles. The van der Waals surface area contributed by atoms with Crippen LogP contribution in [0.3, 0.4) is 0 Å². The van der Waals surface area contributed by atoms with E-state index in [-0.39, 0.29) is 22.2 Å². The van der Waals surface area contributed by atoms with E-state index in [0.717, 1.165) is 6.54 Å². The molecule has 0 fully saturated rings. The van der Waals surface area contributed by atoms with Crippen LogP contribution in [0.4, 0.5) is 5.69 Å². The standard InChI is InChI=1S/C13H18ClN3O4/c1-16(7-8-21-2)6-5-15-13(18)10-3-4-11(14)12(9-10)17(19)20/h3-4,9H,5-8H2,1-2H3,(H,15,18). The lowest BCUT2D eigenvalue weighted by atomic mass is 10.2. The summed E-state index contributed by atoms with van der Waals surface area (Å²) in [7, 11) is 3.54. The molecule has 0 saturated carbocycles. The summed E-state index contributed by atoms with van der Waals surface area (Å²) >= 11 is 5.70. The average Bonchev–Trinajstić information content (AvgIpc) is 2.45. The lowest BCUT2D eigenvalue weighted by molar-refractivity contribution is -0.384. The topological polar surface area (TPSA) is 84.7 Å².